The van der Waals surface area contributed by atoms with E-state index in [1.54, 1.807) is 0 Å². The number of anilines is 1. The first kappa shape index (κ1) is 13.4. The molecule has 0 atom stereocenters. The number of nitrogens with two attached hydrogens (primary N) is 1. The number of ether oxygens (including phenoxy) is 1. The minimum Gasteiger partial charge on any atom is -0.487 e. The van der Waals surface area contributed by atoms with Gasteiger partial charge in [-0.25, -0.2) is 8.42 Å². The highest BCUT2D eigenvalue weighted by Gasteiger charge is 2.10. The van der Waals surface area contributed by atoms with Gasteiger partial charge in [-0.1, -0.05) is 30.3 Å². The van der Waals surface area contributed by atoms with E-state index in [-0.39, 0.29) is 4.90 Å². The van der Waals surface area contributed by atoms with Crippen molar-refractivity contribution in [2.75, 3.05) is 12.0 Å². The molecule has 0 saturated heterocycles. The van der Waals surface area contributed by atoms with Crippen LogP contribution in [0.5, 0.6) is 5.75 Å². The molecule has 0 unspecified atom stereocenters. The average molecular weight is 277 g/mol. The summed E-state index contributed by atoms with van der Waals surface area (Å²) in [4.78, 5) is 0.199. The summed E-state index contributed by atoms with van der Waals surface area (Å²) in [5.41, 5.74) is 7.19. The van der Waals surface area contributed by atoms with Gasteiger partial charge in [0.05, 0.1) is 10.6 Å². The molecular weight excluding hydrogens is 262 g/mol. The second kappa shape index (κ2) is 5.32. The van der Waals surface area contributed by atoms with Crippen LogP contribution in [0.15, 0.2) is 53.4 Å². The predicted molar refractivity (Wildman–Crippen MR) is 74.7 cm³/mol. The largest absolute Gasteiger partial charge is 0.487 e. The van der Waals surface area contributed by atoms with E-state index in [0.717, 1.165) is 11.8 Å². The van der Waals surface area contributed by atoms with Gasteiger partial charge in [-0.15, -0.1) is 0 Å². The van der Waals surface area contributed by atoms with E-state index in [4.69, 9.17) is 10.5 Å². The molecule has 0 fully saturated rings. The van der Waals surface area contributed by atoms with Gasteiger partial charge in [0.15, 0.2) is 9.84 Å². The van der Waals surface area contributed by atoms with Gasteiger partial charge >= 0.3 is 0 Å². The molecule has 5 heteroatoms. The Bertz CT molecular complexity index is 666. The third-order valence-electron chi connectivity index (χ3n) is 2.65. The topological polar surface area (TPSA) is 69.4 Å². The minimum atomic E-state index is -3.26. The van der Waals surface area contributed by atoms with Crippen LogP contribution in [0.4, 0.5) is 5.69 Å². The molecule has 0 aliphatic carbocycles. The van der Waals surface area contributed by atoms with Gasteiger partial charge < -0.3 is 10.5 Å². The Kier molecular flexibility index (Phi) is 3.76. The summed E-state index contributed by atoms with van der Waals surface area (Å²) in [5, 5.41) is 0. The number of sulfone groups is 1. The molecule has 0 aliphatic heterocycles. The lowest BCUT2D eigenvalue weighted by Gasteiger charge is -2.10. The minimum absolute atomic E-state index is 0.199. The summed E-state index contributed by atoms with van der Waals surface area (Å²) in [7, 11) is -3.26. The Morgan fingerprint density at radius 1 is 1.11 bits per heavy atom. The molecule has 100 valence electrons. The van der Waals surface area contributed by atoms with Gasteiger partial charge in [-0.05, 0) is 17.7 Å². The molecular formula is C14H15NO3S. The SMILES string of the molecule is CS(=O)(=O)c1ccc(N)c(OCc2ccccc2)c1. The summed E-state index contributed by atoms with van der Waals surface area (Å²) in [6.45, 7) is 0.345. The third kappa shape index (κ3) is 3.48. The molecule has 0 amide bonds. The molecule has 0 aromatic heterocycles. The Hall–Kier alpha value is -2.01. The number of nitrogen functional groups attached to an aromatic ring is 1. The molecule has 2 aromatic carbocycles. The fourth-order valence-corrected chi connectivity index (χ4v) is 2.24. The van der Waals surface area contributed by atoms with E-state index in [2.05, 4.69) is 0 Å². The lowest BCUT2D eigenvalue weighted by Crippen LogP contribution is -2.02. The second-order valence-corrected chi connectivity index (χ2v) is 6.26. The van der Waals surface area contributed by atoms with Crippen LogP contribution in [-0.2, 0) is 16.4 Å². The first-order chi connectivity index (χ1) is 8.97. The maximum Gasteiger partial charge on any atom is 0.175 e. The van der Waals surface area contributed by atoms with Crippen molar-refractivity contribution in [2.45, 2.75) is 11.5 Å². The van der Waals surface area contributed by atoms with Crippen molar-refractivity contribution < 1.29 is 13.2 Å². The van der Waals surface area contributed by atoms with Crippen LogP contribution in [0.1, 0.15) is 5.56 Å². The molecule has 2 aromatic rings. The van der Waals surface area contributed by atoms with E-state index in [1.165, 1.54) is 18.2 Å². The smallest absolute Gasteiger partial charge is 0.175 e. The molecule has 0 saturated carbocycles. The molecule has 0 aliphatic rings. The number of hydrogen-bond donors (Lipinski definition) is 1. The highest BCUT2D eigenvalue weighted by molar-refractivity contribution is 7.90. The first-order valence-corrected chi connectivity index (χ1v) is 7.62. The summed E-state index contributed by atoms with van der Waals surface area (Å²) < 4.78 is 28.5. The average Bonchev–Trinajstić information content (AvgIpc) is 2.37. The van der Waals surface area contributed by atoms with E-state index < -0.39 is 9.84 Å². The van der Waals surface area contributed by atoms with Gasteiger partial charge in [0.25, 0.3) is 0 Å². The first-order valence-electron chi connectivity index (χ1n) is 5.73. The van der Waals surface area contributed by atoms with Crippen molar-refractivity contribution in [1.82, 2.24) is 0 Å². The van der Waals surface area contributed by atoms with Crippen LogP contribution in [0.3, 0.4) is 0 Å². The van der Waals surface area contributed by atoms with Gasteiger partial charge in [-0.2, -0.15) is 0 Å². The van der Waals surface area contributed by atoms with Crippen molar-refractivity contribution in [1.29, 1.82) is 0 Å². The monoisotopic (exact) mass is 277 g/mol. The van der Waals surface area contributed by atoms with Gasteiger partial charge in [0, 0.05) is 12.3 Å². The molecule has 0 bridgehead atoms. The van der Waals surface area contributed by atoms with E-state index >= 15 is 0 Å². The third-order valence-corrected chi connectivity index (χ3v) is 3.76. The van der Waals surface area contributed by atoms with Gasteiger partial charge in [0.1, 0.15) is 12.4 Å². The van der Waals surface area contributed by atoms with Crippen molar-refractivity contribution in [3.05, 3.63) is 54.1 Å². The summed E-state index contributed by atoms with van der Waals surface area (Å²) in [5.74, 6) is 0.381. The van der Waals surface area contributed by atoms with Crippen LogP contribution < -0.4 is 10.5 Å². The van der Waals surface area contributed by atoms with Crippen LogP contribution in [0.25, 0.3) is 0 Å². The molecule has 0 radical (unpaired) electrons. The van der Waals surface area contributed by atoms with E-state index in [0.29, 0.717) is 18.0 Å². The zero-order chi connectivity index (χ0) is 13.9. The Labute approximate surface area is 112 Å². The predicted octanol–water partition coefficient (Wildman–Crippen LogP) is 2.25. The number of rotatable bonds is 4. The number of benzene rings is 2. The lowest BCUT2D eigenvalue weighted by atomic mass is 10.2. The standard InChI is InChI=1S/C14H15NO3S/c1-19(16,17)12-7-8-13(15)14(9-12)18-10-11-5-3-2-4-6-11/h2-9H,10,15H2,1H3. The normalized spacial score (nSPS) is 11.2. The molecule has 19 heavy (non-hydrogen) atoms. The molecule has 0 spiro atoms. The number of hydrogen-bond acceptors (Lipinski definition) is 4. The zero-order valence-corrected chi connectivity index (χ0v) is 11.4. The summed E-state index contributed by atoms with van der Waals surface area (Å²) in [6.07, 6.45) is 1.15. The van der Waals surface area contributed by atoms with Crippen molar-refractivity contribution in [3.63, 3.8) is 0 Å². The molecule has 2 rings (SSSR count). The highest BCUT2D eigenvalue weighted by Crippen LogP contribution is 2.26. The second-order valence-electron chi connectivity index (χ2n) is 4.25. The van der Waals surface area contributed by atoms with Gasteiger partial charge in [-0.3, -0.25) is 0 Å². The fourth-order valence-electron chi connectivity index (χ4n) is 1.61. The summed E-state index contributed by atoms with van der Waals surface area (Å²) in [6, 6.07) is 14.1. The van der Waals surface area contributed by atoms with Crippen LogP contribution >= 0.6 is 0 Å². The quantitative estimate of drug-likeness (QED) is 0.870. The molecule has 0 heterocycles. The highest BCUT2D eigenvalue weighted by atomic mass is 32.2. The van der Waals surface area contributed by atoms with Crippen LogP contribution in [-0.4, -0.2) is 14.7 Å². The van der Waals surface area contributed by atoms with Crippen molar-refractivity contribution >= 4 is 15.5 Å². The lowest BCUT2D eigenvalue weighted by molar-refractivity contribution is 0.307. The van der Waals surface area contributed by atoms with Gasteiger partial charge in [0.2, 0.25) is 0 Å². The van der Waals surface area contributed by atoms with Crippen LogP contribution in [0.2, 0.25) is 0 Å². The summed E-state index contributed by atoms with van der Waals surface area (Å²) >= 11 is 0. The van der Waals surface area contributed by atoms with E-state index in [9.17, 15) is 8.42 Å². The van der Waals surface area contributed by atoms with Crippen LogP contribution in [0, 0.1) is 0 Å². The molecule has 2 N–H and O–H groups in total. The van der Waals surface area contributed by atoms with E-state index in [1.807, 2.05) is 30.3 Å². The fraction of sp³-hybridized carbons (Fsp3) is 0.143. The molecule has 4 nitrogen and oxygen atoms in total. The Morgan fingerprint density at radius 2 is 1.79 bits per heavy atom. The maximum absolute atomic E-state index is 11.5. The van der Waals surface area contributed by atoms with Crippen molar-refractivity contribution in [3.8, 4) is 5.75 Å². The maximum atomic E-state index is 11.5. The van der Waals surface area contributed by atoms with Crippen molar-refractivity contribution in [2.24, 2.45) is 0 Å². The Morgan fingerprint density at radius 3 is 2.42 bits per heavy atom. The zero-order valence-electron chi connectivity index (χ0n) is 10.5. The Balaban J connectivity index is 2.21.